The van der Waals surface area contributed by atoms with E-state index in [-0.39, 0.29) is 0 Å². The molecule has 3 rings (SSSR count). The molecule has 2 atom stereocenters. The van der Waals surface area contributed by atoms with Gasteiger partial charge in [-0.2, -0.15) is 4.98 Å². The summed E-state index contributed by atoms with van der Waals surface area (Å²) in [6.07, 6.45) is 6.60. The molecule has 1 aliphatic rings. The third kappa shape index (κ3) is 2.83. The maximum Gasteiger partial charge on any atom is 0.231 e. The summed E-state index contributed by atoms with van der Waals surface area (Å²) in [6, 6.07) is 2.52. The van der Waals surface area contributed by atoms with E-state index < -0.39 is 0 Å². The third-order valence-corrected chi connectivity index (χ3v) is 4.32. The van der Waals surface area contributed by atoms with Gasteiger partial charge in [-0.3, -0.25) is 4.98 Å². The minimum absolute atomic E-state index is 0.316. The minimum atomic E-state index is 0.316. The van der Waals surface area contributed by atoms with Gasteiger partial charge in [0.05, 0.1) is 5.92 Å². The molecule has 1 aliphatic carbocycles. The monoisotopic (exact) mass is 286 g/mol. The Kier molecular flexibility index (Phi) is 4.01. The zero-order valence-corrected chi connectivity index (χ0v) is 12.9. The van der Waals surface area contributed by atoms with E-state index in [1.165, 1.54) is 19.3 Å². The van der Waals surface area contributed by atoms with E-state index in [9.17, 15) is 0 Å². The molecular formula is C16H22N4O. The summed E-state index contributed by atoms with van der Waals surface area (Å²) >= 11 is 0. The largest absolute Gasteiger partial charge is 0.339 e. The predicted octanol–water partition coefficient (Wildman–Crippen LogP) is 2.99. The first-order valence-corrected chi connectivity index (χ1v) is 7.63. The van der Waals surface area contributed by atoms with Crippen LogP contribution >= 0.6 is 0 Å². The number of hydrogen-bond donors (Lipinski definition) is 1. The van der Waals surface area contributed by atoms with Crippen LogP contribution in [0.2, 0.25) is 0 Å². The molecule has 0 spiro atoms. The van der Waals surface area contributed by atoms with E-state index in [1.54, 1.807) is 0 Å². The van der Waals surface area contributed by atoms with Crippen molar-refractivity contribution < 1.29 is 4.52 Å². The number of aryl methyl sites for hydroxylation is 2. The van der Waals surface area contributed by atoms with Crippen LogP contribution in [0.15, 0.2) is 16.8 Å². The Labute approximate surface area is 125 Å². The van der Waals surface area contributed by atoms with Crippen molar-refractivity contribution in [1.82, 2.24) is 20.4 Å². The molecule has 0 radical (unpaired) electrons. The van der Waals surface area contributed by atoms with Gasteiger partial charge in [0.25, 0.3) is 0 Å². The molecule has 2 unspecified atom stereocenters. The van der Waals surface area contributed by atoms with Gasteiger partial charge in [0, 0.05) is 12.2 Å². The molecule has 0 aromatic carbocycles. The number of likely N-dealkylation sites (N-methyl/N-ethyl adjacent to an activating group) is 1. The fourth-order valence-corrected chi connectivity index (χ4v) is 3.20. The average Bonchev–Trinajstić information content (AvgIpc) is 2.96. The molecule has 5 heteroatoms. The van der Waals surface area contributed by atoms with Crippen LogP contribution < -0.4 is 5.32 Å². The highest BCUT2D eigenvalue weighted by Gasteiger charge is 2.30. The van der Waals surface area contributed by atoms with Crippen molar-refractivity contribution in [1.29, 1.82) is 0 Å². The quantitative estimate of drug-likeness (QED) is 0.939. The maximum absolute atomic E-state index is 5.53. The van der Waals surface area contributed by atoms with Crippen LogP contribution in [0.25, 0.3) is 11.5 Å². The number of rotatable bonds is 3. The Bertz CT molecular complexity index is 622. The Morgan fingerprint density at radius 2 is 2.05 bits per heavy atom. The van der Waals surface area contributed by atoms with E-state index in [1.807, 2.05) is 27.1 Å². The second kappa shape index (κ2) is 5.93. The Morgan fingerprint density at radius 1 is 1.24 bits per heavy atom. The van der Waals surface area contributed by atoms with Crippen molar-refractivity contribution in [3.63, 3.8) is 0 Å². The van der Waals surface area contributed by atoms with Gasteiger partial charge >= 0.3 is 0 Å². The summed E-state index contributed by atoms with van der Waals surface area (Å²) in [4.78, 5) is 9.06. The molecule has 2 aromatic rings. The van der Waals surface area contributed by atoms with Crippen molar-refractivity contribution in [3.8, 4) is 11.5 Å². The lowest BCUT2D eigenvalue weighted by Crippen LogP contribution is -2.34. The summed E-state index contributed by atoms with van der Waals surface area (Å²) in [6.45, 7) is 4.06. The van der Waals surface area contributed by atoms with Crippen molar-refractivity contribution in [2.24, 2.45) is 0 Å². The highest BCUT2D eigenvalue weighted by atomic mass is 16.5. The molecule has 21 heavy (non-hydrogen) atoms. The molecule has 0 bridgehead atoms. The first-order chi connectivity index (χ1) is 10.2. The lowest BCUT2D eigenvalue weighted by molar-refractivity contribution is 0.270. The first kappa shape index (κ1) is 14.2. The lowest BCUT2D eigenvalue weighted by Gasteiger charge is -2.28. The summed E-state index contributed by atoms with van der Waals surface area (Å²) in [5.41, 5.74) is 3.03. The van der Waals surface area contributed by atoms with Crippen LogP contribution in [0, 0.1) is 13.8 Å². The van der Waals surface area contributed by atoms with Crippen molar-refractivity contribution in [2.45, 2.75) is 51.5 Å². The molecule has 0 aliphatic heterocycles. The molecule has 0 saturated heterocycles. The van der Waals surface area contributed by atoms with E-state index in [4.69, 9.17) is 4.52 Å². The van der Waals surface area contributed by atoms with Gasteiger partial charge in [-0.05, 0) is 44.9 Å². The molecule has 1 fully saturated rings. The fourth-order valence-electron chi connectivity index (χ4n) is 3.20. The third-order valence-electron chi connectivity index (χ3n) is 4.32. The number of hydrogen-bond acceptors (Lipinski definition) is 5. The Morgan fingerprint density at radius 3 is 2.81 bits per heavy atom. The van der Waals surface area contributed by atoms with Gasteiger partial charge < -0.3 is 9.84 Å². The highest BCUT2D eigenvalue weighted by Crippen LogP contribution is 2.33. The smallest absolute Gasteiger partial charge is 0.231 e. The second-order valence-corrected chi connectivity index (χ2v) is 5.92. The van der Waals surface area contributed by atoms with Crippen molar-refractivity contribution >= 4 is 0 Å². The summed E-state index contributed by atoms with van der Waals surface area (Å²) in [5.74, 6) is 1.66. The van der Waals surface area contributed by atoms with E-state index in [2.05, 4.69) is 26.5 Å². The molecule has 5 nitrogen and oxygen atoms in total. The number of pyridine rings is 1. The van der Waals surface area contributed by atoms with Crippen LogP contribution in [-0.2, 0) is 0 Å². The SMILES string of the molecule is CNC1CCCCC1c1nc(-c2ncc(C)cc2C)no1. The predicted molar refractivity (Wildman–Crippen MR) is 81.1 cm³/mol. The Balaban J connectivity index is 1.89. The number of aromatic nitrogens is 3. The van der Waals surface area contributed by atoms with E-state index in [0.29, 0.717) is 17.8 Å². The van der Waals surface area contributed by atoms with Crippen LogP contribution in [0.1, 0.15) is 48.6 Å². The van der Waals surface area contributed by atoms with Gasteiger partial charge in [-0.1, -0.05) is 24.1 Å². The normalized spacial score (nSPS) is 22.4. The van der Waals surface area contributed by atoms with Crippen LogP contribution in [0.5, 0.6) is 0 Å². The summed E-state index contributed by atoms with van der Waals surface area (Å²) in [7, 11) is 2.01. The van der Waals surface area contributed by atoms with Crippen LogP contribution in [0.4, 0.5) is 0 Å². The summed E-state index contributed by atoms with van der Waals surface area (Å²) in [5, 5.41) is 7.52. The average molecular weight is 286 g/mol. The molecule has 2 heterocycles. The lowest BCUT2D eigenvalue weighted by atomic mass is 9.84. The minimum Gasteiger partial charge on any atom is -0.339 e. The van der Waals surface area contributed by atoms with Gasteiger partial charge in [0.1, 0.15) is 5.69 Å². The molecule has 0 amide bonds. The molecule has 1 saturated carbocycles. The molecule has 2 aromatic heterocycles. The zero-order valence-electron chi connectivity index (χ0n) is 12.9. The number of nitrogens with zero attached hydrogens (tertiary/aromatic N) is 3. The molecular weight excluding hydrogens is 264 g/mol. The van der Waals surface area contributed by atoms with E-state index in [0.717, 1.165) is 29.1 Å². The molecule has 112 valence electrons. The van der Waals surface area contributed by atoms with Gasteiger partial charge in [-0.15, -0.1) is 0 Å². The molecule has 1 N–H and O–H groups in total. The van der Waals surface area contributed by atoms with Crippen LogP contribution in [0.3, 0.4) is 0 Å². The van der Waals surface area contributed by atoms with Crippen molar-refractivity contribution in [3.05, 3.63) is 29.3 Å². The Hall–Kier alpha value is -1.75. The van der Waals surface area contributed by atoms with Crippen molar-refractivity contribution in [2.75, 3.05) is 7.05 Å². The highest BCUT2D eigenvalue weighted by molar-refractivity contribution is 5.54. The topological polar surface area (TPSA) is 63.8 Å². The number of nitrogens with one attached hydrogen (secondary N) is 1. The second-order valence-electron chi connectivity index (χ2n) is 5.92. The van der Waals surface area contributed by atoms with Gasteiger partial charge in [0.2, 0.25) is 11.7 Å². The van der Waals surface area contributed by atoms with Crippen LogP contribution in [-0.4, -0.2) is 28.2 Å². The van der Waals surface area contributed by atoms with Gasteiger partial charge in [0.15, 0.2) is 0 Å². The standard InChI is InChI=1S/C16H22N4O/c1-10-8-11(2)14(18-9-10)15-19-16(21-20-15)12-6-4-5-7-13(12)17-3/h8-9,12-13,17H,4-7H2,1-3H3. The maximum atomic E-state index is 5.53. The summed E-state index contributed by atoms with van der Waals surface area (Å²) < 4.78 is 5.53. The van der Waals surface area contributed by atoms with E-state index >= 15 is 0 Å². The fraction of sp³-hybridized carbons (Fsp3) is 0.562. The zero-order chi connectivity index (χ0) is 14.8. The van der Waals surface area contributed by atoms with Gasteiger partial charge in [-0.25, -0.2) is 0 Å². The first-order valence-electron chi connectivity index (χ1n) is 7.63.